The van der Waals surface area contributed by atoms with Gasteiger partial charge in [-0.15, -0.1) is 0 Å². The summed E-state index contributed by atoms with van der Waals surface area (Å²) >= 11 is 0. The molecule has 0 radical (unpaired) electrons. The molecule has 1 N–H and O–H groups in total. The van der Waals surface area contributed by atoms with E-state index in [9.17, 15) is 4.79 Å². The summed E-state index contributed by atoms with van der Waals surface area (Å²) in [6.45, 7) is 1.80. The largest absolute Gasteiger partial charge is 0.463 e. The first-order chi connectivity index (χ1) is 8.19. The Hall–Kier alpha value is -1.69. The zero-order valence-corrected chi connectivity index (χ0v) is 10.4. The second-order valence-electron chi connectivity index (χ2n) is 3.61. The third-order valence-corrected chi connectivity index (χ3v) is 2.32. The van der Waals surface area contributed by atoms with E-state index in [1.807, 2.05) is 19.0 Å². The highest BCUT2D eigenvalue weighted by atomic mass is 16.5. The first kappa shape index (κ1) is 13.4. The van der Waals surface area contributed by atoms with Crippen molar-refractivity contribution in [2.45, 2.75) is 6.42 Å². The monoisotopic (exact) mass is 238 g/mol. The molecule has 0 aliphatic carbocycles. The van der Waals surface area contributed by atoms with E-state index < -0.39 is 5.97 Å². The van der Waals surface area contributed by atoms with Gasteiger partial charge in [-0.2, -0.15) is 0 Å². The number of hydrogen-bond donors (Lipinski definition) is 1. The first-order valence-corrected chi connectivity index (χ1v) is 5.46. The van der Waals surface area contributed by atoms with Crippen molar-refractivity contribution in [2.75, 3.05) is 39.2 Å². The van der Waals surface area contributed by atoms with Crippen LogP contribution in [-0.2, 0) is 4.74 Å². The van der Waals surface area contributed by atoms with Gasteiger partial charge in [0.15, 0.2) is 0 Å². The number of methoxy groups -OCH3 is 1. The van der Waals surface area contributed by atoms with Crippen LogP contribution in [0.5, 0.6) is 0 Å². The second kappa shape index (κ2) is 6.80. The lowest BCUT2D eigenvalue weighted by molar-refractivity contribution is 0.0587. The van der Waals surface area contributed by atoms with Gasteiger partial charge in [0.05, 0.1) is 7.11 Å². The molecule has 0 aliphatic rings. The van der Waals surface area contributed by atoms with E-state index in [2.05, 4.69) is 20.0 Å². The van der Waals surface area contributed by atoms with Crippen LogP contribution in [0.2, 0.25) is 0 Å². The molecule has 94 valence electrons. The minimum atomic E-state index is -0.518. The lowest BCUT2D eigenvalue weighted by atomic mass is 10.4. The van der Waals surface area contributed by atoms with Gasteiger partial charge in [-0.1, -0.05) is 0 Å². The Morgan fingerprint density at radius 3 is 3.00 bits per heavy atom. The van der Waals surface area contributed by atoms with E-state index in [0.29, 0.717) is 0 Å². The molecule has 0 saturated carbocycles. The summed E-state index contributed by atoms with van der Waals surface area (Å²) in [6, 6.07) is 1.77. The van der Waals surface area contributed by atoms with Gasteiger partial charge in [0.1, 0.15) is 5.82 Å². The lowest BCUT2D eigenvalue weighted by Crippen LogP contribution is -2.24. The number of rotatable bonds is 6. The van der Waals surface area contributed by atoms with Crippen LogP contribution in [0.25, 0.3) is 0 Å². The van der Waals surface area contributed by atoms with Crippen LogP contribution in [0, 0.1) is 0 Å². The van der Waals surface area contributed by atoms with Crippen molar-refractivity contribution in [1.29, 1.82) is 0 Å². The molecule has 0 spiro atoms. The summed E-state index contributed by atoms with van der Waals surface area (Å²) in [7, 11) is 5.16. The summed E-state index contributed by atoms with van der Waals surface area (Å²) in [5.74, 6) is 0.289. The quantitative estimate of drug-likeness (QED) is 0.568. The predicted molar refractivity (Wildman–Crippen MR) is 65.2 cm³/mol. The SMILES string of the molecule is CNCCCN(C)c1ccnc(C(=O)OC)n1. The van der Waals surface area contributed by atoms with Gasteiger partial charge in [-0.25, -0.2) is 14.8 Å². The number of carbonyl (C=O) groups is 1. The summed E-state index contributed by atoms with van der Waals surface area (Å²) in [4.78, 5) is 21.3. The van der Waals surface area contributed by atoms with Gasteiger partial charge in [0.25, 0.3) is 0 Å². The average molecular weight is 238 g/mol. The van der Waals surface area contributed by atoms with Gasteiger partial charge in [0, 0.05) is 19.8 Å². The van der Waals surface area contributed by atoms with Crippen molar-refractivity contribution in [1.82, 2.24) is 15.3 Å². The van der Waals surface area contributed by atoms with Gasteiger partial charge < -0.3 is 15.0 Å². The second-order valence-corrected chi connectivity index (χ2v) is 3.61. The van der Waals surface area contributed by atoms with Crippen LogP contribution in [0.3, 0.4) is 0 Å². The minimum Gasteiger partial charge on any atom is -0.463 e. The fraction of sp³-hybridized carbons (Fsp3) is 0.545. The molecule has 0 saturated heterocycles. The number of ether oxygens (including phenoxy) is 1. The summed E-state index contributed by atoms with van der Waals surface area (Å²) in [5, 5.41) is 3.08. The first-order valence-electron chi connectivity index (χ1n) is 5.46. The van der Waals surface area contributed by atoms with Crippen molar-refractivity contribution >= 4 is 11.8 Å². The van der Waals surface area contributed by atoms with Gasteiger partial charge in [-0.3, -0.25) is 0 Å². The molecule has 1 aromatic rings. The van der Waals surface area contributed by atoms with Crippen LogP contribution in [0.1, 0.15) is 17.0 Å². The smallest absolute Gasteiger partial charge is 0.376 e. The number of esters is 1. The molecule has 1 aromatic heterocycles. The van der Waals surface area contributed by atoms with E-state index >= 15 is 0 Å². The van der Waals surface area contributed by atoms with Crippen molar-refractivity contribution in [3.05, 3.63) is 18.1 Å². The number of anilines is 1. The number of nitrogens with one attached hydrogen (secondary N) is 1. The molecule has 0 unspecified atom stereocenters. The minimum absolute atomic E-state index is 0.0884. The van der Waals surface area contributed by atoms with Crippen molar-refractivity contribution in [3.63, 3.8) is 0 Å². The number of nitrogens with zero attached hydrogens (tertiary/aromatic N) is 3. The third-order valence-electron chi connectivity index (χ3n) is 2.32. The molecule has 0 aromatic carbocycles. The maximum absolute atomic E-state index is 11.3. The van der Waals surface area contributed by atoms with Gasteiger partial charge in [-0.05, 0) is 26.1 Å². The predicted octanol–water partition coefficient (Wildman–Crippen LogP) is 0.309. The summed E-state index contributed by atoms with van der Waals surface area (Å²) < 4.78 is 4.58. The van der Waals surface area contributed by atoms with Gasteiger partial charge >= 0.3 is 5.97 Å². The Morgan fingerprint density at radius 2 is 2.35 bits per heavy atom. The summed E-state index contributed by atoms with van der Waals surface area (Å²) in [5.41, 5.74) is 0. The maximum Gasteiger partial charge on any atom is 0.376 e. The van der Waals surface area contributed by atoms with Crippen LogP contribution in [-0.4, -0.2) is 50.2 Å². The Kier molecular flexibility index (Phi) is 5.35. The van der Waals surface area contributed by atoms with E-state index in [1.165, 1.54) is 7.11 Å². The normalized spacial score (nSPS) is 10.1. The molecular weight excluding hydrogens is 220 g/mol. The molecule has 0 atom stereocenters. The average Bonchev–Trinajstić information content (AvgIpc) is 2.38. The Bertz CT molecular complexity index is 370. The van der Waals surface area contributed by atoms with Crippen LogP contribution in [0.4, 0.5) is 5.82 Å². The zero-order chi connectivity index (χ0) is 12.7. The van der Waals surface area contributed by atoms with E-state index in [0.717, 1.165) is 25.3 Å². The molecule has 6 nitrogen and oxygen atoms in total. The van der Waals surface area contributed by atoms with Crippen LogP contribution < -0.4 is 10.2 Å². The van der Waals surface area contributed by atoms with Crippen molar-refractivity contribution < 1.29 is 9.53 Å². The number of hydrogen-bond acceptors (Lipinski definition) is 6. The lowest BCUT2D eigenvalue weighted by Gasteiger charge is -2.17. The molecule has 1 heterocycles. The fourth-order valence-electron chi connectivity index (χ4n) is 1.36. The highest BCUT2D eigenvalue weighted by Gasteiger charge is 2.11. The Labute approximate surface area is 101 Å². The molecule has 0 aliphatic heterocycles. The standard InChI is InChI=1S/C11H18N4O2/c1-12-6-4-8-15(2)9-5-7-13-10(14-9)11(16)17-3/h5,7,12H,4,6,8H2,1-3H3. The highest BCUT2D eigenvalue weighted by Crippen LogP contribution is 2.08. The fourth-order valence-corrected chi connectivity index (χ4v) is 1.36. The maximum atomic E-state index is 11.3. The van der Waals surface area contributed by atoms with E-state index in [4.69, 9.17) is 0 Å². The zero-order valence-electron chi connectivity index (χ0n) is 10.4. The molecule has 6 heteroatoms. The van der Waals surface area contributed by atoms with Crippen molar-refractivity contribution in [3.8, 4) is 0 Å². The highest BCUT2D eigenvalue weighted by molar-refractivity contribution is 5.85. The third kappa shape index (κ3) is 3.99. The molecule has 0 bridgehead atoms. The van der Waals surface area contributed by atoms with Crippen molar-refractivity contribution in [2.24, 2.45) is 0 Å². The number of carbonyl (C=O) groups excluding carboxylic acids is 1. The Morgan fingerprint density at radius 1 is 1.59 bits per heavy atom. The molecule has 0 fully saturated rings. The number of aromatic nitrogens is 2. The van der Waals surface area contributed by atoms with E-state index in [-0.39, 0.29) is 5.82 Å². The summed E-state index contributed by atoms with van der Waals surface area (Å²) in [6.07, 6.45) is 2.56. The molecular formula is C11H18N4O2. The molecule has 17 heavy (non-hydrogen) atoms. The van der Waals surface area contributed by atoms with Crippen LogP contribution >= 0.6 is 0 Å². The van der Waals surface area contributed by atoms with E-state index in [1.54, 1.807) is 12.3 Å². The molecule has 0 amide bonds. The molecule has 1 rings (SSSR count). The van der Waals surface area contributed by atoms with Gasteiger partial charge in [0.2, 0.25) is 5.82 Å². The topological polar surface area (TPSA) is 67.4 Å². The van der Waals surface area contributed by atoms with Crippen LogP contribution in [0.15, 0.2) is 12.3 Å². The Balaban J connectivity index is 2.67.